The lowest BCUT2D eigenvalue weighted by Crippen LogP contribution is -2.06. The molecule has 0 bridgehead atoms. The highest BCUT2D eigenvalue weighted by atomic mass is 16.5. The third kappa shape index (κ3) is 2.48. The number of rotatable bonds is 3. The topological polar surface area (TPSA) is 61.3 Å². The Labute approximate surface area is 75.7 Å². The Bertz CT molecular complexity index is 284. The maximum absolute atomic E-state index is 10.9. The minimum Gasteiger partial charge on any atom is -0.464 e. The molecule has 1 aromatic rings. The van der Waals surface area contributed by atoms with E-state index in [9.17, 15) is 4.79 Å². The second-order valence-corrected chi connectivity index (χ2v) is 2.32. The predicted octanol–water partition coefficient (Wildman–Crippen LogP) is 0.410. The van der Waals surface area contributed by atoms with Crippen molar-refractivity contribution in [3.05, 3.63) is 23.8 Å². The quantitative estimate of drug-likeness (QED) is 0.633. The zero-order valence-corrected chi connectivity index (χ0v) is 7.48. The van der Waals surface area contributed by atoms with E-state index in [0.717, 1.165) is 0 Å². The molecule has 0 amide bonds. The van der Waals surface area contributed by atoms with E-state index in [2.05, 4.69) is 14.7 Å². The Morgan fingerprint density at radius 1 is 1.38 bits per heavy atom. The van der Waals surface area contributed by atoms with Crippen LogP contribution in [0, 0.1) is 0 Å². The van der Waals surface area contributed by atoms with Crippen molar-refractivity contribution in [3.8, 4) is 0 Å². The second kappa shape index (κ2) is 4.51. The molecule has 70 valence electrons. The molecule has 0 aromatic carbocycles. The molecule has 0 aliphatic carbocycles. The number of hydrogen-bond donors (Lipinski definition) is 0. The van der Waals surface area contributed by atoms with Crippen LogP contribution in [0.1, 0.15) is 16.2 Å². The highest BCUT2D eigenvalue weighted by Gasteiger charge is 2.06. The maximum Gasteiger partial charge on any atom is 0.358 e. The van der Waals surface area contributed by atoms with Crippen molar-refractivity contribution in [2.24, 2.45) is 0 Å². The Hall–Kier alpha value is -1.49. The first-order valence-electron chi connectivity index (χ1n) is 3.66. The van der Waals surface area contributed by atoms with Gasteiger partial charge in [-0.1, -0.05) is 0 Å². The van der Waals surface area contributed by atoms with E-state index in [1.54, 1.807) is 7.11 Å². The van der Waals surface area contributed by atoms with Gasteiger partial charge in [0.05, 0.1) is 31.8 Å². The van der Waals surface area contributed by atoms with Crippen molar-refractivity contribution in [1.29, 1.82) is 0 Å². The Balaban J connectivity index is 2.75. The predicted molar refractivity (Wildman–Crippen MR) is 44.1 cm³/mol. The monoisotopic (exact) mass is 182 g/mol. The summed E-state index contributed by atoms with van der Waals surface area (Å²) in [7, 11) is 2.86. The zero-order valence-electron chi connectivity index (χ0n) is 7.48. The molecular formula is C8H10N2O3. The molecule has 0 unspecified atom stereocenters. The van der Waals surface area contributed by atoms with E-state index in [1.807, 2.05) is 0 Å². The molecule has 0 fully saturated rings. The highest BCUT2D eigenvalue weighted by molar-refractivity contribution is 5.86. The van der Waals surface area contributed by atoms with Crippen LogP contribution in [0.2, 0.25) is 0 Å². The van der Waals surface area contributed by atoms with E-state index < -0.39 is 5.97 Å². The van der Waals surface area contributed by atoms with Crippen LogP contribution in [0.25, 0.3) is 0 Å². The summed E-state index contributed by atoms with van der Waals surface area (Å²) in [6.45, 7) is 0.383. The summed E-state index contributed by atoms with van der Waals surface area (Å²) in [6.07, 6.45) is 2.84. The summed E-state index contributed by atoms with van der Waals surface area (Å²) < 4.78 is 9.30. The van der Waals surface area contributed by atoms with Gasteiger partial charge < -0.3 is 9.47 Å². The first kappa shape index (κ1) is 9.60. The molecule has 0 spiro atoms. The average molecular weight is 182 g/mol. The third-order valence-electron chi connectivity index (χ3n) is 1.39. The smallest absolute Gasteiger partial charge is 0.358 e. The number of aromatic nitrogens is 2. The summed E-state index contributed by atoms with van der Waals surface area (Å²) in [5.41, 5.74) is 0.873. The molecular weight excluding hydrogens is 172 g/mol. The van der Waals surface area contributed by atoms with Crippen molar-refractivity contribution >= 4 is 5.97 Å². The summed E-state index contributed by atoms with van der Waals surface area (Å²) in [4.78, 5) is 18.7. The van der Waals surface area contributed by atoms with Gasteiger partial charge in [-0.3, -0.25) is 4.98 Å². The lowest BCUT2D eigenvalue weighted by molar-refractivity contribution is 0.0593. The molecule has 0 aliphatic heterocycles. The molecule has 0 N–H and O–H groups in total. The molecule has 1 heterocycles. The molecule has 0 saturated heterocycles. The van der Waals surface area contributed by atoms with Crippen molar-refractivity contribution in [2.75, 3.05) is 14.2 Å². The number of hydrogen-bond acceptors (Lipinski definition) is 5. The summed E-state index contributed by atoms with van der Waals surface area (Å²) >= 11 is 0. The van der Waals surface area contributed by atoms with E-state index in [-0.39, 0.29) is 5.69 Å². The van der Waals surface area contributed by atoms with Gasteiger partial charge in [-0.25, -0.2) is 9.78 Å². The molecule has 13 heavy (non-hydrogen) atoms. The van der Waals surface area contributed by atoms with E-state index >= 15 is 0 Å². The average Bonchev–Trinajstić information content (AvgIpc) is 2.18. The van der Waals surface area contributed by atoms with Gasteiger partial charge in [0, 0.05) is 7.11 Å². The highest BCUT2D eigenvalue weighted by Crippen LogP contribution is 1.98. The fourth-order valence-corrected chi connectivity index (χ4v) is 0.787. The first-order chi connectivity index (χ1) is 6.27. The zero-order chi connectivity index (χ0) is 9.68. The Morgan fingerprint density at radius 2 is 2.15 bits per heavy atom. The van der Waals surface area contributed by atoms with Crippen LogP contribution in [0.4, 0.5) is 0 Å². The normalized spacial score (nSPS) is 9.69. The number of esters is 1. The van der Waals surface area contributed by atoms with Gasteiger partial charge in [-0.2, -0.15) is 0 Å². The van der Waals surface area contributed by atoms with E-state index in [0.29, 0.717) is 12.3 Å². The first-order valence-corrected chi connectivity index (χ1v) is 3.66. The number of carbonyl (C=O) groups excluding carboxylic acids is 1. The van der Waals surface area contributed by atoms with Gasteiger partial charge in [0.2, 0.25) is 0 Å². The number of methoxy groups -OCH3 is 2. The summed E-state index contributed by atoms with van der Waals surface area (Å²) in [5, 5.41) is 0. The lowest BCUT2D eigenvalue weighted by Gasteiger charge is -1.99. The minimum atomic E-state index is -0.489. The fraction of sp³-hybridized carbons (Fsp3) is 0.375. The molecule has 0 aliphatic rings. The molecule has 5 nitrogen and oxygen atoms in total. The van der Waals surface area contributed by atoms with Crippen LogP contribution in [0.3, 0.4) is 0 Å². The van der Waals surface area contributed by atoms with E-state index in [4.69, 9.17) is 4.74 Å². The number of carbonyl (C=O) groups is 1. The van der Waals surface area contributed by atoms with Crippen LogP contribution in [0.15, 0.2) is 12.4 Å². The van der Waals surface area contributed by atoms with Crippen molar-refractivity contribution in [3.63, 3.8) is 0 Å². The van der Waals surface area contributed by atoms with Gasteiger partial charge >= 0.3 is 5.97 Å². The van der Waals surface area contributed by atoms with Crippen molar-refractivity contribution < 1.29 is 14.3 Å². The SMILES string of the molecule is COCc1cnc(C(=O)OC)cn1. The van der Waals surface area contributed by atoms with Gasteiger partial charge in [-0.05, 0) is 0 Å². The van der Waals surface area contributed by atoms with Gasteiger partial charge in [-0.15, -0.1) is 0 Å². The summed E-state index contributed by atoms with van der Waals surface area (Å²) in [5.74, 6) is -0.489. The van der Waals surface area contributed by atoms with E-state index in [1.165, 1.54) is 19.5 Å². The largest absolute Gasteiger partial charge is 0.464 e. The molecule has 0 saturated carbocycles. The minimum absolute atomic E-state index is 0.197. The van der Waals surface area contributed by atoms with Gasteiger partial charge in [0.25, 0.3) is 0 Å². The number of nitrogens with zero attached hydrogens (tertiary/aromatic N) is 2. The van der Waals surface area contributed by atoms with Crippen LogP contribution < -0.4 is 0 Å². The molecule has 0 atom stereocenters. The molecule has 1 aromatic heterocycles. The third-order valence-corrected chi connectivity index (χ3v) is 1.39. The van der Waals surface area contributed by atoms with Crippen LogP contribution >= 0.6 is 0 Å². The maximum atomic E-state index is 10.9. The fourth-order valence-electron chi connectivity index (χ4n) is 0.787. The second-order valence-electron chi connectivity index (χ2n) is 2.32. The van der Waals surface area contributed by atoms with Crippen molar-refractivity contribution in [1.82, 2.24) is 9.97 Å². The Kier molecular flexibility index (Phi) is 3.33. The summed E-state index contributed by atoms with van der Waals surface area (Å²) in [6, 6.07) is 0. The van der Waals surface area contributed by atoms with Gasteiger partial charge in [0.1, 0.15) is 0 Å². The van der Waals surface area contributed by atoms with Crippen LogP contribution in [-0.2, 0) is 16.1 Å². The number of ether oxygens (including phenoxy) is 2. The van der Waals surface area contributed by atoms with Crippen LogP contribution in [0.5, 0.6) is 0 Å². The molecule has 0 radical (unpaired) electrons. The van der Waals surface area contributed by atoms with Gasteiger partial charge in [0.15, 0.2) is 5.69 Å². The molecule has 1 rings (SSSR count). The Morgan fingerprint density at radius 3 is 2.62 bits per heavy atom. The molecule has 5 heteroatoms. The van der Waals surface area contributed by atoms with Crippen LogP contribution in [-0.4, -0.2) is 30.2 Å². The van der Waals surface area contributed by atoms with Crippen molar-refractivity contribution in [2.45, 2.75) is 6.61 Å². The standard InChI is InChI=1S/C8H10N2O3/c1-12-5-6-3-10-7(4-9-6)8(11)13-2/h3-4H,5H2,1-2H3. The lowest BCUT2D eigenvalue weighted by atomic mass is 10.4.